The molecule has 2 amide bonds. The molecule has 0 aliphatic carbocycles. The third kappa shape index (κ3) is 10.7. The van der Waals surface area contributed by atoms with Crippen molar-refractivity contribution in [2.24, 2.45) is 5.92 Å². The van der Waals surface area contributed by atoms with Crippen LogP contribution >= 0.6 is 0 Å². The van der Waals surface area contributed by atoms with Crippen molar-refractivity contribution in [1.29, 1.82) is 0 Å². The average Bonchev–Trinajstić information content (AvgIpc) is 2.83. The third-order valence-electron chi connectivity index (χ3n) is 5.56. The van der Waals surface area contributed by atoms with Crippen molar-refractivity contribution in [3.05, 3.63) is 59.7 Å². The monoisotopic (exact) mass is 524 g/mol. The van der Waals surface area contributed by atoms with Crippen molar-refractivity contribution in [3.8, 4) is 5.75 Å². The topological polar surface area (TPSA) is 88.1 Å². The van der Waals surface area contributed by atoms with Gasteiger partial charge in [-0.3, -0.25) is 0 Å². The molecular formula is C27H35F3N2O5. The Kier molecular flexibility index (Phi) is 11.7. The van der Waals surface area contributed by atoms with E-state index in [1.54, 1.807) is 31.2 Å². The summed E-state index contributed by atoms with van der Waals surface area (Å²) in [5.41, 5.74) is 0.0141. The number of halogens is 3. The number of carboxylic acid groups (broad SMARTS) is 1. The van der Waals surface area contributed by atoms with Gasteiger partial charge in [-0.05, 0) is 61.6 Å². The maximum Gasteiger partial charge on any atom is 0.416 e. The normalized spacial score (nSPS) is 12.3. The van der Waals surface area contributed by atoms with E-state index in [1.165, 1.54) is 17.0 Å². The number of aliphatic carboxylic acids is 1. The SMILES string of the molecule is CCOC(Cc1ccc(OCCN(CCCC(C)C)C(=O)Nc2cccc(C(F)(F)F)c2)cc1)C(=O)O. The van der Waals surface area contributed by atoms with E-state index in [9.17, 15) is 27.9 Å². The van der Waals surface area contributed by atoms with Gasteiger partial charge in [-0.2, -0.15) is 13.2 Å². The number of hydrogen-bond donors (Lipinski definition) is 2. The number of hydrogen-bond acceptors (Lipinski definition) is 4. The van der Waals surface area contributed by atoms with Crippen LogP contribution in [-0.2, 0) is 22.1 Å². The Morgan fingerprint density at radius 1 is 1.08 bits per heavy atom. The fourth-order valence-corrected chi connectivity index (χ4v) is 3.61. The molecule has 204 valence electrons. The maximum atomic E-state index is 13.0. The zero-order chi connectivity index (χ0) is 27.4. The van der Waals surface area contributed by atoms with Crippen LogP contribution in [-0.4, -0.2) is 54.4 Å². The van der Waals surface area contributed by atoms with Gasteiger partial charge in [0.2, 0.25) is 0 Å². The molecule has 0 fully saturated rings. The molecule has 1 unspecified atom stereocenters. The first-order valence-corrected chi connectivity index (χ1v) is 12.3. The number of carbonyl (C=O) groups is 2. The number of carbonyl (C=O) groups excluding carboxylic acids is 1. The maximum absolute atomic E-state index is 13.0. The first-order valence-electron chi connectivity index (χ1n) is 12.3. The van der Waals surface area contributed by atoms with Gasteiger partial charge < -0.3 is 24.8 Å². The van der Waals surface area contributed by atoms with Gasteiger partial charge in [0, 0.05) is 25.3 Å². The number of ether oxygens (including phenoxy) is 2. The second kappa shape index (κ2) is 14.5. The van der Waals surface area contributed by atoms with E-state index in [1.807, 2.05) is 0 Å². The molecule has 2 rings (SSSR count). The fourth-order valence-electron chi connectivity index (χ4n) is 3.61. The zero-order valence-corrected chi connectivity index (χ0v) is 21.4. The molecule has 0 saturated carbocycles. The molecule has 0 aliphatic heterocycles. The second-order valence-electron chi connectivity index (χ2n) is 9.01. The molecule has 2 aromatic rings. The molecule has 0 aliphatic rings. The van der Waals surface area contributed by atoms with Crippen molar-refractivity contribution in [2.45, 2.75) is 52.3 Å². The minimum Gasteiger partial charge on any atom is -0.492 e. The van der Waals surface area contributed by atoms with Crippen LogP contribution in [0.3, 0.4) is 0 Å². The van der Waals surface area contributed by atoms with E-state index in [0.717, 1.165) is 30.5 Å². The summed E-state index contributed by atoms with van der Waals surface area (Å²) >= 11 is 0. The molecule has 0 bridgehead atoms. The molecule has 2 aromatic carbocycles. The fraction of sp³-hybridized carbons (Fsp3) is 0.481. The van der Waals surface area contributed by atoms with Crippen molar-refractivity contribution >= 4 is 17.7 Å². The molecule has 0 spiro atoms. The number of alkyl halides is 3. The highest BCUT2D eigenvalue weighted by molar-refractivity contribution is 5.89. The number of nitrogens with zero attached hydrogens (tertiary/aromatic N) is 1. The lowest BCUT2D eigenvalue weighted by molar-refractivity contribution is -0.150. The Balaban J connectivity index is 1.97. The van der Waals surface area contributed by atoms with Crippen molar-refractivity contribution < 1.29 is 37.3 Å². The van der Waals surface area contributed by atoms with Crippen LogP contribution in [0.4, 0.5) is 23.7 Å². The van der Waals surface area contributed by atoms with Crippen LogP contribution in [0.15, 0.2) is 48.5 Å². The van der Waals surface area contributed by atoms with Gasteiger partial charge in [-0.15, -0.1) is 0 Å². The van der Waals surface area contributed by atoms with E-state index in [4.69, 9.17) is 9.47 Å². The molecule has 10 heteroatoms. The number of nitrogens with one attached hydrogen (secondary N) is 1. The molecule has 0 aromatic heterocycles. The summed E-state index contributed by atoms with van der Waals surface area (Å²) in [5, 5.41) is 11.8. The molecule has 0 heterocycles. The Hall–Kier alpha value is -3.27. The minimum atomic E-state index is -4.50. The summed E-state index contributed by atoms with van der Waals surface area (Å²) in [6.45, 7) is 7.02. The first-order chi connectivity index (χ1) is 17.5. The Labute approximate surface area is 215 Å². The highest BCUT2D eigenvalue weighted by atomic mass is 19.4. The minimum absolute atomic E-state index is 0.0666. The van der Waals surface area contributed by atoms with Crippen LogP contribution in [0.1, 0.15) is 44.7 Å². The van der Waals surface area contributed by atoms with Crippen LogP contribution in [0.5, 0.6) is 5.75 Å². The summed E-state index contributed by atoms with van der Waals surface area (Å²) in [6, 6.07) is 11.0. The van der Waals surface area contributed by atoms with Gasteiger partial charge in [0.05, 0.1) is 12.1 Å². The second-order valence-corrected chi connectivity index (χ2v) is 9.01. The van der Waals surface area contributed by atoms with E-state index >= 15 is 0 Å². The number of rotatable bonds is 14. The molecule has 0 saturated heterocycles. The smallest absolute Gasteiger partial charge is 0.416 e. The molecule has 0 radical (unpaired) electrons. The van der Waals surface area contributed by atoms with Crippen LogP contribution in [0.2, 0.25) is 0 Å². The predicted molar refractivity (Wildman–Crippen MR) is 135 cm³/mol. The molecule has 7 nitrogen and oxygen atoms in total. The largest absolute Gasteiger partial charge is 0.492 e. The van der Waals surface area contributed by atoms with E-state index in [2.05, 4.69) is 19.2 Å². The van der Waals surface area contributed by atoms with Crippen molar-refractivity contribution in [1.82, 2.24) is 4.90 Å². The molecule has 1 atom stereocenters. The van der Waals surface area contributed by atoms with E-state index in [0.29, 0.717) is 24.8 Å². The Bertz CT molecular complexity index is 996. The van der Waals surface area contributed by atoms with Crippen LogP contribution < -0.4 is 10.1 Å². The van der Waals surface area contributed by atoms with E-state index < -0.39 is 29.8 Å². The number of amides is 2. The first kappa shape index (κ1) is 30.0. The summed E-state index contributed by atoms with van der Waals surface area (Å²) in [5.74, 6) is -0.0258. The lowest BCUT2D eigenvalue weighted by Gasteiger charge is -2.24. The summed E-state index contributed by atoms with van der Waals surface area (Å²) in [6.07, 6.45) is -3.56. The Morgan fingerprint density at radius 3 is 2.38 bits per heavy atom. The standard InChI is InChI=1S/C27H35F3N2O5/c1-4-36-24(25(33)34)17-20-10-12-23(13-11-20)37-16-15-32(14-6-7-19(2)3)26(35)31-22-9-5-8-21(18-22)27(28,29)30/h5,8-13,18-19,24H,4,6-7,14-17H2,1-3H3,(H,31,35)(H,33,34). The Morgan fingerprint density at radius 2 is 1.78 bits per heavy atom. The van der Waals surface area contributed by atoms with Gasteiger partial charge in [0.1, 0.15) is 12.4 Å². The lowest BCUT2D eigenvalue weighted by Crippen LogP contribution is -2.38. The van der Waals surface area contributed by atoms with E-state index in [-0.39, 0.29) is 25.3 Å². The van der Waals surface area contributed by atoms with Gasteiger partial charge in [-0.25, -0.2) is 9.59 Å². The predicted octanol–water partition coefficient (Wildman–Crippen LogP) is 6.09. The third-order valence-corrected chi connectivity index (χ3v) is 5.56. The highest BCUT2D eigenvalue weighted by Crippen LogP contribution is 2.30. The van der Waals surface area contributed by atoms with Crippen LogP contribution in [0, 0.1) is 5.92 Å². The number of benzene rings is 2. The quantitative estimate of drug-likeness (QED) is 0.312. The molecule has 2 N–H and O–H groups in total. The van der Waals surface area contributed by atoms with Gasteiger partial charge in [0.25, 0.3) is 0 Å². The van der Waals surface area contributed by atoms with Crippen molar-refractivity contribution in [3.63, 3.8) is 0 Å². The molecule has 37 heavy (non-hydrogen) atoms. The van der Waals surface area contributed by atoms with Gasteiger partial charge >= 0.3 is 18.2 Å². The average molecular weight is 525 g/mol. The summed E-state index contributed by atoms with van der Waals surface area (Å²) < 4.78 is 50.1. The zero-order valence-electron chi connectivity index (χ0n) is 21.4. The van der Waals surface area contributed by atoms with Gasteiger partial charge in [0.15, 0.2) is 6.10 Å². The summed E-state index contributed by atoms with van der Waals surface area (Å²) in [4.78, 5) is 25.7. The summed E-state index contributed by atoms with van der Waals surface area (Å²) in [7, 11) is 0. The molecular weight excluding hydrogens is 489 g/mol. The van der Waals surface area contributed by atoms with Crippen LogP contribution in [0.25, 0.3) is 0 Å². The lowest BCUT2D eigenvalue weighted by atomic mass is 10.1. The van der Waals surface area contributed by atoms with Gasteiger partial charge in [-0.1, -0.05) is 32.0 Å². The number of urea groups is 1. The number of anilines is 1. The van der Waals surface area contributed by atoms with Crippen molar-refractivity contribution in [2.75, 3.05) is 31.6 Å². The highest BCUT2D eigenvalue weighted by Gasteiger charge is 2.30. The number of carboxylic acids is 1.